The molecule has 20 heavy (non-hydrogen) atoms. The Hall–Kier alpha value is -0.780. The highest BCUT2D eigenvalue weighted by molar-refractivity contribution is 8.13. The molecule has 0 radical (unpaired) electrons. The molecule has 1 aliphatic rings. The van der Waals surface area contributed by atoms with E-state index in [1.807, 2.05) is 0 Å². The molecule has 1 aromatic carbocycles. The van der Waals surface area contributed by atoms with Gasteiger partial charge in [-0.3, -0.25) is 0 Å². The van der Waals surface area contributed by atoms with E-state index >= 15 is 0 Å². The molecule has 0 saturated heterocycles. The lowest BCUT2D eigenvalue weighted by Gasteiger charge is -2.24. The van der Waals surface area contributed by atoms with Crippen molar-refractivity contribution < 1.29 is 17.9 Å². The van der Waals surface area contributed by atoms with Gasteiger partial charge in [0.05, 0.1) is 22.1 Å². The lowest BCUT2D eigenvalue weighted by atomic mass is 9.83. The Kier molecular flexibility index (Phi) is 4.94. The Balaban J connectivity index is 2.04. The lowest BCUT2D eigenvalue weighted by molar-refractivity contribution is 0.0464. The molecule has 1 aliphatic carbocycles. The van der Waals surface area contributed by atoms with E-state index in [-0.39, 0.29) is 15.5 Å². The maximum Gasteiger partial charge on any atom is 0.339 e. The van der Waals surface area contributed by atoms with Crippen LogP contribution in [0.1, 0.15) is 36.0 Å². The van der Waals surface area contributed by atoms with E-state index in [1.165, 1.54) is 31.4 Å². The summed E-state index contributed by atoms with van der Waals surface area (Å²) in [5, 5.41) is 0.141. The summed E-state index contributed by atoms with van der Waals surface area (Å²) in [6.45, 7) is 0.317. The average Bonchev–Trinajstić information content (AvgIpc) is 2.31. The Morgan fingerprint density at radius 2 is 2.05 bits per heavy atom. The summed E-state index contributed by atoms with van der Waals surface area (Å²) in [7, 11) is 1.34. The number of hydrogen-bond acceptors (Lipinski definition) is 4. The van der Waals surface area contributed by atoms with E-state index in [0.717, 1.165) is 12.5 Å². The van der Waals surface area contributed by atoms with Crippen molar-refractivity contribution in [2.45, 2.75) is 30.6 Å². The molecule has 0 unspecified atom stereocenters. The van der Waals surface area contributed by atoms with Gasteiger partial charge >= 0.3 is 5.97 Å². The monoisotopic (exact) mass is 336 g/mol. The van der Waals surface area contributed by atoms with Crippen LogP contribution in [0.2, 0.25) is 5.02 Å². The van der Waals surface area contributed by atoms with E-state index in [2.05, 4.69) is 0 Å². The minimum Gasteiger partial charge on any atom is -0.462 e. The van der Waals surface area contributed by atoms with Crippen LogP contribution < -0.4 is 0 Å². The van der Waals surface area contributed by atoms with Gasteiger partial charge in [-0.15, -0.1) is 0 Å². The van der Waals surface area contributed by atoms with Crippen LogP contribution in [0.3, 0.4) is 0 Å². The van der Waals surface area contributed by atoms with Crippen molar-refractivity contribution in [2.24, 2.45) is 5.92 Å². The Morgan fingerprint density at radius 3 is 2.60 bits per heavy atom. The van der Waals surface area contributed by atoms with Gasteiger partial charge in [0, 0.05) is 10.7 Å². The van der Waals surface area contributed by atoms with Crippen LogP contribution in [0.4, 0.5) is 0 Å². The SMILES string of the molecule is O=C(OCCC1CCC1)c1cc(S(=O)(=O)Cl)ccc1Cl. The molecule has 1 fully saturated rings. The van der Waals surface area contributed by atoms with Crippen LogP contribution in [0.25, 0.3) is 0 Å². The molecule has 0 aromatic heterocycles. The largest absolute Gasteiger partial charge is 0.462 e. The van der Waals surface area contributed by atoms with Gasteiger partial charge < -0.3 is 4.74 Å². The summed E-state index contributed by atoms with van der Waals surface area (Å²) in [5.41, 5.74) is 0.0157. The Labute approximate surface area is 127 Å². The van der Waals surface area contributed by atoms with Crippen LogP contribution in [-0.4, -0.2) is 21.0 Å². The Bertz CT molecular complexity index is 609. The van der Waals surface area contributed by atoms with Gasteiger partial charge in [0.15, 0.2) is 0 Å². The fraction of sp³-hybridized carbons (Fsp3) is 0.462. The van der Waals surface area contributed by atoms with Crippen molar-refractivity contribution in [3.05, 3.63) is 28.8 Å². The summed E-state index contributed by atoms with van der Waals surface area (Å²) in [6, 6.07) is 3.70. The van der Waals surface area contributed by atoms with E-state index in [9.17, 15) is 13.2 Å². The standard InChI is InChI=1S/C13H14Cl2O4S/c14-12-5-4-10(20(15,17)18)8-11(12)13(16)19-7-6-9-2-1-3-9/h4-5,8-9H,1-3,6-7H2. The molecule has 0 aliphatic heterocycles. The van der Waals surface area contributed by atoms with Gasteiger partial charge in [-0.05, 0) is 30.5 Å². The number of benzene rings is 1. The predicted molar refractivity (Wildman–Crippen MR) is 76.7 cm³/mol. The van der Waals surface area contributed by atoms with Gasteiger partial charge in [-0.2, -0.15) is 0 Å². The van der Waals surface area contributed by atoms with Crippen molar-refractivity contribution in [3.8, 4) is 0 Å². The van der Waals surface area contributed by atoms with Gasteiger partial charge in [0.2, 0.25) is 0 Å². The molecular formula is C13H14Cl2O4S. The lowest BCUT2D eigenvalue weighted by Crippen LogP contribution is -2.15. The smallest absolute Gasteiger partial charge is 0.339 e. The molecule has 7 heteroatoms. The maximum absolute atomic E-state index is 11.9. The molecule has 0 N–H and O–H groups in total. The van der Waals surface area contributed by atoms with Crippen LogP contribution in [-0.2, 0) is 13.8 Å². The summed E-state index contributed by atoms with van der Waals surface area (Å²) in [6.07, 6.45) is 4.42. The first-order chi connectivity index (χ1) is 9.38. The number of ether oxygens (including phenoxy) is 1. The van der Waals surface area contributed by atoms with Crippen molar-refractivity contribution in [1.29, 1.82) is 0 Å². The molecule has 0 amide bonds. The first-order valence-electron chi connectivity index (χ1n) is 6.29. The molecule has 2 rings (SSSR count). The van der Waals surface area contributed by atoms with Crippen LogP contribution in [0.5, 0.6) is 0 Å². The van der Waals surface area contributed by atoms with Gasteiger partial charge in [-0.1, -0.05) is 30.9 Å². The third kappa shape index (κ3) is 3.87. The molecule has 0 atom stereocenters. The van der Waals surface area contributed by atoms with Crippen LogP contribution >= 0.6 is 22.3 Å². The summed E-state index contributed by atoms with van der Waals surface area (Å²) in [5.74, 6) is 0.00400. The number of carbonyl (C=O) groups excluding carboxylic acids is 1. The van der Waals surface area contributed by atoms with Gasteiger partial charge in [0.1, 0.15) is 0 Å². The molecule has 110 valence electrons. The number of halogens is 2. The van der Waals surface area contributed by atoms with E-state index in [4.69, 9.17) is 27.0 Å². The number of rotatable bonds is 5. The van der Waals surface area contributed by atoms with E-state index < -0.39 is 15.0 Å². The minimum atomic E-state index is -3.90. The number of esters is 1. The van der Waals surface area contributed by atoms with E-state index in [0.29, 0.717) is 12.5 Å². The third-order valence-electron chi connectivity index (χ3n) is 3.42. The van der Waals surface area contributed by atoms with E-state index in [1.54, 1.807) is 0 Å². The van der Waals surface area contributed by atoms with Crippen LogP contribution in [0.15, 0.2) is 23.1 Å². The second kappa shape index (κ2) is 6.33. The van der Waals surface area contributed by atoms with Crippen molar-refractivity contribution >= 4 is 37.3 Å². The van der Waals surface area contributed by atoms with Crippen molar-refractivity contribution in [1.82, 2.24) is 0 Å². The maximum atomic E-state index is 11.9. The van der Waals surface area contributed by atoms with Gasteiger partial charge in [-0.25, -0.2) is 13.2 Å². The Morgan fingerprint density at radius 1 is 1.35 bits per heavy atom. The zero-order valence-corrected chi connectivity index (χ0v) is 13.0. The normalized spacial score (nSPS) is 15.7. The fourth-order valence-corrected chi connectivity index (χ4v) is 2.96. The van der Waals surface area contributed by atoms with Crippen molar-refractivity contribution in [2.75, 3.05) is 6.61 Å². The highest BCUT2D eigenvalue weighted by Gasteiger charge is 2.20. The molecule has 0 spiro atoms. The molecule has 0 bridgehead atoms. The zero-order chi connectivity index (χ0) is 14.8. The molecule has 1 aromatic rings. The second-order valence-electron chi connectivity index (χ2n) is 4.80. The highest BCUT2D eigenvalue weighted by atomic mass is 35.7. The van der Waals surface area contributed by atoms with Crippen LogP contribution in [0, 0.1) is 5.92 Å². The number of carbonyl (C=O) groups is 1. The summed E-state index contributed by atoms with van der Waals surface area (Å²) < 4.78 is 27.6. The highest BCUT2D eigenvalue weighted by Crippen LogP contribution is 2.29. The van der Waals surface area contributed by atoms with Gasteiger partial charge in [0.25, 0.3) is 9.05 Å². The summed E-state index contributed by atoms with van der Waals surface area (Å²) >= 11 is 5.88. The first kappa shape index (κ1) is 15.6. The average molecular weight is 337 g/mol. The second-order valence-corrected chi connectivity index (χ2v) is 7.77. The first-order valence-corrected chi connectivity index (χ1v) is 8.98. The molecular weight excluding hydrogens is 323 g/mol. The fourth-order valence-electron chi connectivity index (χ4n) is 1.99. The van der Waals surface area contributed by atoms with Crippen molar-refractivity contribution in [3.63, 3.8) is 0 Å². The third-order valence-corrected chi connectivity index (χ3v) is 5.10. The molecule has 1 saturated carbocycles. The predicted octanol–water partition coefficient (Wildman–Crippen LogP) is 3.61. The zero-order valence-electron chi connectivity index (χ0n) is 10.6. The minimum absolute atomic E-state index is 0.0157. The number of hydrogen-bond donors (Lipinski definition) is 0. The molecule has 0 heterocycles. The summed E-state index contributed by atoms with van der Waals surface area (Å²) in [4.78, 5) is 11.7. The quantitative estimate of drug-likeness (QED) is 0.608. The topological polar surface area (TPSA) is 60.4 Å². The molecule has 4 nitrogen and oxygen atoms in total.